The number of likely N-dealkylation sites (tertiary alicyclic amines) is 1. The van der Waals surface area contributed by atoms with Crippen LogP contribution in [0, 0.1) is 0 Å². The van der Waals surface area contributed by atoms with Crippen molar-refractivity contribution in [3.63, 3.8) is 0 Å². The molecule has 0 amide bonds. The largest absolute Gasteiger partial charge is 0.384 e. The standard InChI is InChI=1S/C12H19NO2/c1-2-15-12(13-9-5-6-10-13)8-4-3-7-11(12)14/h3-4,7-8,11,14H,2,5-6,9-10H2,1H3. The van der Waals surface area contributed by atoms with Gasteiger partial charge in [-0.1, -0.05) is 18.2 Å². The van der Waals surface area contributed by atoms with Gasteiger partial charge in [-0.05, 0) is 25.8 Å². The van der Waals surface area contributed by atoms with E-state index < -0.39 is 11.8 Å². The van der Waals surface area contributed by atoms with E-state index in [-0.39, 0.29) is 0 Å². The van der Waals surface area contributed by atoms with E-state index in [9.17, 15) is 5.11 Å². The number of nitrogens with zero attached hydrogens (tertiary/aromatic N) is 1. The molecule has 1 saturated heterocycles. The Morgan fingerprint density at radius 3 is 2.73 bits per heavy atom. The summed E-state index contributed by atoms with van der Waals surface area (Å²) in [6, 6.07) is 0. The minimum absolute atomic E-state index is 0.555. The first-order valence-electron chi connectivity index (χ1n) is 5.72. The molecule has 2 rings (SSSR count). The van der Waals surface area contributed by atoms with Gasteiger partial charge in [0.2, 0.25) is 0 Å². The van der Waals surface area contributed by atoms with E-state index in [1.54, 1.807) is 6.08 Å². The monoisotopic (exact) mass is 209 g/mol. The molecule has 1 aliphatic carbocycles. The molecule has 1 aliphatic heterocycles. The van der Waals surface area contributed by atoms with Crippen molar-refractivity contribution in [1.82, 2.24) is 4.90 Å². The van der Waals surface area contributed by atoms with Crippen LogP contribution in [0.1, 0.15) is 19.8 Å². The van der Waals surface area contributed by atoms with E-state index >= 15 is 0 Å². The van der Waals surface area contributed by atoms with Gasteiger partial charge in [0.15, 0.2) is 5.72 Å². The molecule has 1 N–H and O–H groups in total. The summed E-state index contributed by atoms with van der Waals surface area (Å²) in [7, 11) is 0. The van der Waals surface area contributed by atoms with Gasteiger partial charge in [-0.25, -0.2) is 0 Å². The van der Waals surface area contributed by atoms with Gasteiger partial charge >= 0.3 is 0 Å². The first kappa shape index (κ1) is 10.9. The van der Waals surface area contributed by atoms with Crippen LogP contribution in [0.5, 0.6) is 0 Å². The molecule has 0 radical (unpaired) electrons. The van der Waals surface area contributed by atoms with Crippen molar-refractivity contribution in [2.45, 2.75) is 31.6 Å². The average Bonchev–Trinajstić information content (AvgIpc) is 2.75. The van der Waals surface area contributed by atoms with E-state index in [2.05, 4.69) is 4.90 Å². The Morgan fingerprint density at radius 1 is 1.40 bits per heavy atom. The number of hydrogen-bond acceptors (Lipinski definition) is 3. The van der Waals surface area contributed by atoms with Crippen LogP contribution in [-0.4, -0.2) is 41.5 Å². The lowest BCUT2D eigenvalue weighted by Crippen LogP contribution is -2.56. The van der Waals surface area contributed by atoms with Gasteiger partial charge in [0.1, 0.15) is 6.10 Å². The van der Waals surface area contributed by atoms with Crippen molar-refractivity contribution in [2.24, 2.45) is 0 Å². The molecule has 84 valence electrons. The van der Waals surface area contributed by atoms with Crippen molar-refractivity contribution in [3.8, 4) is 0 Å². The smallest absolute Gasteiger partial charge is 0.170 e. The minimum atomic E-state index is -0.611. The van der Waals surface area contributed by atoms with Crippen molar-refractivity contribution >= 4 is 0 Å². The lowest BCUT2D eigenvalue weighted by molar-refractivity contribution is -0.160. The molecule has 1 fully saturated rings. The van der Waals surface area contributed by atoms with Gasteiger partial charge < -0.3 is 9.84 Å². The number of rotatable bonds is 3. The highest BCUT2D eigenvalue weighted by molar-refractivity contribution is 5.23. The third-order valence-corrected chi connectivity index (χ3v) is 3.14. The van der Waals surface area contributed by atoms with Gasteiger partial charge in [0.25, 0.3) is 0 Å². The highest BCUT2D eigenvalue weighted by Gasteiger charge is 2.42. The Kier molecular flexibility index (Phi) is 3.24. The third-order valence-electron chi connectivity index (χ3n) is 3.14. The maximum absolute atomic E-state index is 10.1. The van der Waals surface area contributed by atoms with E-state index in [4.69, 9.17) is 4.74 Å². The summed E-state index contributed by atoms with van der Waals surface area (Å²) in [6.45, 7) is 4.60. The Balaban J connectivity index is 2.22. The van der Waals surface area contributed by atoms with Gasteiger partial charge in [0, 0.05) is 19.7 Å². The van der Waals surface area contributed by atoms with Crippen molar-refractivity contribution < 1.29 is 9.84 Å². The molecule has 2 atom stereocenters. The predicted octanol–water partition coefficient (Wildman–Crippen LogP) is 1.30. The summed E-state index contributed by atoms with van der Waals surface area (Å²) in [5, 5.41) is 10.1. The normalized spacial score (nSPS) is 36.3. The highest BCUT2D eigenvalue weighted by atomic mass is 16.5. The zero-order chi connectivity index (χ0) is 10.7. The van der Waals surface area contributed by atoms with Crippen molar-refractivity contribution in [3.05, 3.63) is 24.3 Å². The molecular weight excluding hydrogens is 190 g/mol. The van der Waals surface area contributed by atoms with Gasteiger partial charge in [-0.2, -0.15) is 0 Å². The van der Waals surface area contributed by atoms with Gasteiger partial charge in [-0.3, -0.25) is 4.90 Å². The molecule has 0 aromatic heterocycles. The Labute approximate surface area is 91.0 Å². The molecule has 2 aliphatic rings. The Morgan fingerprint density at radius 2 is 2.13 bits per heavy atom. The van der Waals surface area contributed by atoms with Crippen LogP contribution in [-0.2, 0) is 4.74 Å². The fourth-order valence-electron chi connectivity index (χ4n) is 2.41. The second-order valence-corrected chi connectivity index (χ2v) is 4.07. The van der Waals surface area contributed by atoms with E-state index in [0.29, 0.717) is 6.61 Å². The summed E-state index contributed by atoms with van der Waals surface area (Å²) < 4.78 is 5.80. The van der Waals surface area contributed by atoms with Crippen LogP contribution < -0.4 is 0 Å². The Bertz CT molecular complexity index is 269. The number of aliphatic hydroxyl groups is 1. The summed E-state index contributed by atoms with van der Waals surface area (Å²) in [4.78, 5) is 2.24. The molecule has 3 heteroatoms. The van der Waals surface area contributed by atoms with Crippen LogP contribution in [0.15, 0.2) is 24.3 Å². The van der Waals surface area contributed by atoms with Crippen molar-refractivity contribution in [2.75, 3.05) is 19.7 Å². The molecule has 3 nitrogen and oxygen atoms in total. The van der Waals surface area contributed by atoms with Crippen LogP contribution in [0.25, 0.3) is 0 Å². The first-order chi connectivity index (χ1) is 7.29. The fraction of sp³-hybridized carbons (Fsp3) is 0.667. The Hall–Kier alpha value is -0.640. The third kappa shape index (κ3) is 1.87. The van der Waals surface area contributed by atoms with Crippen LogP contribution in [0.2, 0.25) is 0 Å². The minimum Gasteiger partial charge on any atom is -0.384 e. The zero-order valence-electron chi connectivity index (χ0n) is 9.22. The molecule has 0 spiro atoms. The van der Waals surface area contributed by atoms with Crippen molar-refractivity contribution in [1.29, 1.82) is 0 Å². The summed E-state index contributed by atoms with van der Waals surface area (Å²) in [6.07, 6.45) is 9.44. The highest BCUT2D eigenvalue weighted by Crippen LogP contribution is 2.30. The van der Waals surface area contributed by atoms with Crippen LogP contribution in [0.4, 0.5) is 0 Å². The van der Waals surface area contributed by atoms with E-state index in [1.807, 2.05) is 25.2 Å². The summed E-state index contributed by atoms with van der Waals surface area (Å²) >= 11 is 0. The molecule has 0 aromatic carbocycles. The van der Waals surface area contributed by atoms with Gasteiger partial charge in [0.05, 0.1) is 0 Å². The van der Waals surface area contributed by atoms with E-state index in [0.717, 1.165) is 13.1 Å². The molecule has 0 aromatic rings. The van der Waals surface area contributed by atoms with Gasteiger partial charge in [-0.15, -0.1) is 0 Å². The fourth-order valence-corrected chi connectivity index (χ4v) is 2.41. The second kappa shape index (κ2) is 4.47. The molecule has 0 bridgehead atoms. The van der Waals surface area contributed by atoms with E-state index in [1.165, 1.54) is 12.8 Å². The quantitative estimate of drug-likeness (QED) is 0.760. The lowest BCUT2D eigenvalue weighted by Gasteiger charge is -2.42. The maximum Gasteiger partial charge on any atom is 0.170 e. The topological polar surface area (TPSA) is 32.7 Å². The second-order valence-electron chi connectivity index (χ2n) is 4.07. The number of aliphatic hydroxyl groups excluding tert-OH is 1. The molecule has 1 heterocycles. The first-order valence-corrected chi connectivity index (χ1v) is 5.72. The predicted molar refractivity (Wildman–Crippen MR) is 59.5 cm³/mol. The molecule has 15 heavy (non-hydrogen) atoms. The molecule has 2 unspecified atom stereocenters. The SMILES string of the molecule is CCOC1(N2CCCC2)C=CC=CC1O. The average molecular weight is 209 g/mol. The van der Waals surface area contributed by atoms with Crippen LogP contribution in [0.3, 0.4) is 0 Å². The number of allylic oxidation sites excluding steroid dienone is 2. The summed E-state index contributed by atoms with van der Waals surface area (Å²) in [5.74, 6) is 0. The summed E-state index contributed by atoms with van der Waals surface area (Å²) in [5.41, 5.74) is -0.611. The number of hydrogen-bond donors (Lipinski definition) is 1. The van der Waals surface area contributed by atoms with Crippen LogP contribution >= 0.6 is 0 Å². The molecule has 0 saturated carbocycles. The maximum atomic E-state index is 10.1. The lowest BCUT2D eigenvalue weighted by atomic mass is 9.99. The zero-order valence-corrected chi connectivity index (χ0v) is 9.22. The number of ether oxygens (including phenoxy) is 1. The molecular formula is C12H19NO2.